The number of hydrogen-bond donors (Lipinski definition) is 1. The van der Waals surface area contributed by atoms with E-state index in [9.17, 15) is 14.3 Å². The second-order valence-electron chi connectivity index (χ2n) is 4.19. The first-order valence-corrected chi connectivity index (χ1v) is 6.80. The normalized spacial score (nSPS) is 10.9. The van der Waals surface area contributed by atoms with Crippen molar-refractivity contribution in [1.82, 2.24) is 9.55 Å². The van der Waals surface area contributed by atoms with Crippen molar-refractivity contribution in [2.24, 2.45) is 0 Å². The highest BCUT2D eigenvalue weighted by Crippen LogP contribution is 2.25. The van der Waals surface area contributed by atoms with Gasteiger partial charge >= 0.3 is 5.97 Å². The van der Waals surface area contributed by atoms with E-state index in [2.05, 4.69) is 4.98 Å². The minimum Gasteiger partial charge on any atom is -0.478 e. The summed E-state index contributed by atoms with van der Waals surface area (Å²) in [5.41, 5.74) is 1.96. The van der Waals surface area contributed by atoms with Gasteiger partial charge in [0.1, 0.15) is 12.1 Å². The monoisotopic (exact) mass is 382 g/mol. The molecule has 20 heavy (non-hydrogen) atoms. The van der Waals surface area contributed by atoms with E-state index in [1.807, 2.05) is 22.6 Å². The van der Waals surface area contributed by atoms with E-state index in [1.165, 1.54) is 18.2 Å². The number of aromatic carboxylic acids is 1. The Bertz CT molecular complexity index is 829. The van der Waals surface area contributed by atoms with Gasteiger partial charge in [-0.25, -0.2) is 14.2 Å². The zero-order valence-corrected chi connectivity index (χ0v) is 12.2. The fourth-order valence-electron chi connectivity index (χ4n) is 2.10. The number of fused-ring (bicyclic) bond motifs is 1. The van der Waals surface area contributed by atoms with Crippen molar-refractivity contribution >= 4 is 39.6 Å². The van der Waals surface area contributed by atoms with Crippen molar-refractivity contribution in [2.45, 2.75) is 0 Å². The highest BCUT2D eigenvalue weighted by Gasteiger charge is 2.15. The summed E-state index contributed by atoms with van der Waals surface area (Å²) in [5.74, 6) is -1.35. The maximum Gasteiger partial charge on any atom is 0.337 e. The number of rotatable bonds is 2. The third-order valence-corrected chi connectivity index (χ3v) is 3.83. The van der Waals surface area contributed by atoms with Crippen LogP contribution in [-0.4, -0.2) is 20.6 Å². The molecule has 0 aliphatic heterocycles. The average molecular weight is 382 g/mol. The molecule has 1 heterocycles. The largest absolute Gasteiger partial charge is 0.478 e. The summed E-state index contributed by atoms with van der Waals surface area (Å²) in [6.07, 6.45) is 1.55. The average Bonchev–Trinajstić information content (AvgIpc) is 2.82. The predicted octanol–water partition coefficient (Wildman–Crippen LogP) is 3.47. The lowest BCUT2D eigenvalue weighted by molar-refractivity contribution is 0.0698. The van der Waals surface area contributed by atoms with Crippen LogP contribution >= 0.6 is 22.6 Å². The number of hydrogen-bond acceptors (Lipinski definition) is 2. The van der Waals surface area contributed by atoms with Gasteiger partial charge in [-0.2, -0.15) is 0 Å². The van der Waals surface area contributed by atoms with Crippen molar-refractivity contribution < 1.29 is 14.3 Å². The molecule has 6 heteroatoms. The van der Waals surface area contributed by atoms with E-state index < -0.39 is 5.97 Å². The molecule has 0 radical (unpaired) electrons. The summed E-state index contributed by atoms with van der Waals surface area (Å²) in [5, 5.41) is 9.28. The molecule has 100 valence electrons. The van der Waals surface area contributed by atoms with Crippen molar-refractivity contribution in [3.63, 3.8) is 0 Å². The quantitative estimate of drug-likeness (QED) is 0.691. The van der Waals surface area contributed by atoms with Crippen LogP contribution in [0.15, 0.2) is 42.7 Å². The zero-order chi connectivity index (χ0) is 14.3. The van der Waals surface area contributed by atoms with Crippen molar-refractivity contribution in [3.05, 3.63) is 57.7 Å². The molecule has 0 atom stereocenters. The molecule has 0 aliphatic rings. The fraction of sp³-hybridized carbons (Fsp3) is 0. The molecule has 0 bridgehead atoms. The molecule has 0 aliphatic carbocycles. The van der Waals surface area contributed by atoms with Crippen LogP contribution in [0, 0.1) is 9.39 Å². The summed E-state index contributed by atoms with van der Waals surface area (Å²) in [6, 6.07) is 9.27. The Kier molecular flexibility index (Phi) is 3.17. The minimum absolute atomic E-state index is 0.167. The third kappa shape index (κ3) is 2.05. The Hall–Kier alpha value is -1.96. The van der Waals surface area contributed by atoms with Crippen LogP contribution in [0.5, 0.6) is 0 Å². The minimum atomic E-state index is -1.02. The number of para-hydroxylation sites is 1. The summed E-state index contributed by atoms with van der Waals surface area (Å²) >= 11 is 2.01. The Morgan fingerprint density at radius 3 is 2.80 bits per heavy atom. The highest BCUT2D eigenvalue weighted by atomic mass is 127. The zero-order valence-electron chi connectivity index (χ0n) is 10.0. The standard InChI is InChI=1S/C14H8FIN2O2/c15-8-4-5-12(10(16)6-8)18-7-17-11-3-1-2-9(13(11)18)14(19)20/h1-7H,(H,19,20). The second-order valence-corrected chi connectivity index (χ2v) is 5.35. The molecule has 1 aromatic heterocycles. The fourth-order valence-corrected chi connectivity index (χ4v) is 2.84. The van der Waals surface area contributed by atoms with Gasteiger partial charge in [0.15, 0.2) is 0 Å². The molecule has 3 aromatic rings. The molecule has 0 saturated heterocycles. The van der Waals surface area contributed by atoms with Crippen LogP contribution in [0.1, 0.15) is 10.4 Å². The highest BCUT2D eigenvalue weighted by molar-refractivity contribution is 14.1. The predicted molar refractivity (Wildman–Crippen MR) is 80.7 cm³/mol. The van der Waals surface area contributed by atoms with Crippen LogP contribution < -0.4 is 0 Å². The number of carboxylic acid groups (broad SMARTS) is 1. The van der Waals surface area contributed by atoms with Crippen LogP contribution in [-0.2, 0) is 0 Å². The first-order valence-electron chi connectivity index (χ1n) is 5.72. The molecular formula is C14H8FIN2O2. The number of imidazole rings is 1. The van der Waals surface area contributed by atoms with E-state index in [0.717, 1.165) is 0 Å². The molecule has 3 rings (SSSR count). The summed E-state index contributed by atoms with van der Waals surface area (Å²) in [6.45, 7) is 0. The van der Waals surface area contributed by atoms with Gasteiger partial charge in [-0.3, -0.25) is 4.57 Å². The van der Waals surface area contributed by atoms with Gasteiger partial charge in [-0.15, -0.1) is 0 Å². The molecule has 2 aromatic carbocycles. The van der Waals surface area contributed by atoms with Crippen LogP contribution in [0.3, 0.4) is 0 Å². The molecule has 0 saturated carbocycles. The topological polar surface area (TPSA) is 55.1 Å². The summed E-state index contributed by atoms with van der Waals surface area (Å²) in [7, 11) is 0. The van der Waals surface area contributed by atoms with Gasteiger partial charge < -0.3 is 5.11 Å². The Morgan fingerprint density at radius 2 is 2.10 bits per heavy atom. The smallest absolute Gasteiger partial charge is 0.337 e. The van der Waals surface area contributed by atoms with Crippen LogP contribution in [0.2, 0.25) is 0 Å². The van der Waals surface area contributed by atoms with E-state index in [-0.39, 0.29) is 11.4 Å². The first kappa shape index (κ1) is 13.0. The maximum atomic E-state index is 13.2. The number of carbonyl (C=O) groups is 1. The second kappa shape index (κ2) is 4.86. The van der Waals surface area contributed by atoms with Crippen LogP contribution in [0.25, 0.3) is 16.7 Å². The molecule has 0 spiro atoms. The number of halogens is 2. The van der Waals surface area contributed by atoms with Crippen molar-refractivity contribution in [2.75, 3.05) is 0 Å². The number of benzene rings is 2. The van der Waals surface area contributed by atoms with Gasteiger partial charge in [-0.1, -0.05) is 6.07 Å². The Balaban J connectivity index is 2.34. The first-order chi connectivity index (χ1) is 9.58. The van der Waals surface area contributed by atoms with Gasteiger partial charge in [0, 0.05) is 3.57 Å². The lowest BCUT2D eigenvalue weighted by atomic mass is 10.2. The molecule has 0 fully saturated rings. The number of nitrogens with zero attached hydrogens (tertiary/aromatic N) is 2. The van der Waals surface area contributed by atoms with Gasteiger partial charge in [0.2, 0.25) is 0 Å². The Morgan fingerprint density at radius 1 is 1.30 bits per heavy atom. The van der Waals surface area contributed by atoms with E-state index >= 15 is 0 Å². The maximum absolute atomic E-state index is 13.2. The molecule has 0 unspecified atom stereocenters. The SMILES string of the molecule is O=C(O)c1cccc2ncn(-c3ccc(F)cc3I)c12. The molecular weight excluding hydrogens is 374 g/mol. The van der Waals surface area contributed by atoms with Crippen molar-refractivity contribution in [1.29, 1.82) is 0 Å². The number of carboxylic acids is 1. The summed E-state index contributed by atoms with van der Waals surface area (Å²) in [4.78, 5) is 15.5. The van der Waals surface area contributed by atoms with Gasteiger partial charge in [0.05, 0.1) is 22.3 Å². The molecule has 4 nitrogen and oxygen atoms in total. The van der Waals surface area contributed by atoms with E-state index in [4.69, 9.17) is 0 Å². The van der Waals surface area contributed by atoms with Crippen molar-refractivity contribution in [3.8, 4) is 5.69 Å². The third-order valence-electron chi connectivity index (χ3n) is 2.97. The van der Waals surface area contributed by atoms with Crippen LogP contribution in [0.4, 0.5) is 4.39 Å². The van der Waals surface area contributed by atoms with Gasteiger partial charge in [-0.05, 0) is 52.9 Å². The van der Waals surface area contributed by atoms with Gasteiger partial charge in [0.25, 0.3) is 0 Å². The molecule has 1 N–H and O–H groups in total. The lowest BCUT2D eigenvalue weighted by Crippen LogP contribution is -2.03. The Labute approximate surface area is 127 Å². The van der Waals surface area contributed by atoms with E-state index in [1.54, 1.807) is 29.1 Å². The molecule has 0 amide bonds. The lowest BCUT2D eigenvalue weighted by Gasteiger charge is -2.08. The van der Waals surface area contributed by atoms with E-state index in [0.29, 0.717) is 20.3 Å². The number of aromatic nitrogens is 2. The summed E-state index contributed by atoms with van der Waals surface area (Å²) < 4.78 is 15.5.